The van der Waals surface area contributed by atoms with Gasteiger partial charge in [-0.1, -0.05) is 6.92 Å². The molecule has 0 atom stereocenters. The number of rotatable bonds is 4. The van der Waals surface area contributed by atoms with Gasteiger partial charge in [0.25, 0.3) is 0 Å². The molecule has 1 N–H and O–H groups in total. The number of thiophene rings is 1. The van der Waals surface area contributed by atoms with Crippen LogP contribution >= 0.6 is 39.0 Å². The Kier molecular flexibility index (Phi) is 3.71. The summed E-state index contributed by atoms with van der Waals surface area (Å²) in [6.07, 6.45) is 1.09. The van der Waals surface area contributed by atoms with E-state index >= 15 is 0 Å². The first kappa shape index (κ1) is 11.0. The Morgan fingerprint density at radius 3 is 2.93 bits per heavy atom. The van der Waals surface area contributed by atoms with E-state index in [0.29, 0.717) is 0 Å². The first-order valence-electron chi connectivity index (χ1n) is 4.61. The third-order valence-electron chi connectivity index (χ3n) is 1.90. The summed E-state index contributed by atoms with van der Waals surface area (Å²) in [6, 6.07) is 0. The lowest BCUT2D eigenvalue weighted by molar-refractivity contribution is 0.974. The van der Waals surface area contributed by atoms with E-state index in [2.05, 4.69) is 47.7 Å². The van der Waals surface area contributed by atoms with Crippen LogP contribution in [0.3, 0.4) is 0 Å². The molecule has 2 aromatic rings. The van der Waals surface area contributed by atoms with Crippen molar-refractivity contribution in [2.24, 2.45) is 0 Å². The minimum Gasteiger partial charge on any atom is -0.367 e. The van der Waals surface area contributed by atoms with Gasteiger partial charge in [0.2, 0.25) is 0 Å². The summed E-state index contributed by atoms with van der Waals surface area (Å²) in [5.74, 6) is 0.890. The largest absolute Gasteiger partial charge is 0.367 e. The molecule has 0 amide bonds. The van der Waals surface area contributed by atoms with Crippen molar-refractivity contribution in [3.63, 3.8) is 0 Å². The molecule has 0 aliphatic carbocycles. The maximum atomic E-state index is 4.32. The van der Waals surface area contributed by atoms with Crippen LogP contribution in [0.15, 0.2) is 15.2 Å². The van der Waals surface area contributed by atoms with E-state index in [1.54, 1.807) is 11.3 Å². The molecule has 0 radical (unpaired) electrons. The highest BCUT2D eigenvalue weighted by molar-refractivity contribution is 9.10. The van der Waals surface area contributed by atoms with Crippen molar-refractivity contribution in [2.75, 3.05) is 11.9 Å². The first-order valence-corrected chi connectivity index (χ1v) is 7.08. The topological polar surface area (TPSA) is 37.8 Å². The number of halogens is 1. The lowest BCUT2D eigenvalue weighted by Crippen LogP contribution is -2.00. The fraction of sp³-hybridized carbons (Fsp3) is 0.333. The molecule has 0 bridgehead atoms. The zero-order chi connectivity index (χ0) is 10.7. The first-order chi connectivity index (χ1) is 7.33. The van der Waals surface area contributed by atoms with Crippen LogP contribution in [-0.4, -0.2) is 15.3 Å². The third kappa shape index (κ3) is 2.38. The molecule has 0 unspecified atom stereocenters. The molecule has 80 valence electrons. The van der Waals surface area contributed by atoms with Crippen LogP contribution in [0.25, 0.3) is 11.3 Å². The molecule has 0 aliphatic rings. The molecule has 0 saturated heterocycles. The quantitative estimate of drug-likeness (QED) is 0.932. The minimum absolute atomic E-state index is 0.890. The predicted molar refractivity (Wildman–Crippen MR) is 69.7 cm³/mol. The highest BCUT2D eigenvalue weighted by Gasteiger charge is 2.13. The normalized spacial score (nSPS) is 10.5. The Morgan fingerprint density at radius 1 is 1.40 bits per heavy atom. The third-order valence-corrected chi connectivity index (χ3v) is 4.13. The molecule has 6 heteroatoms. The molecule has 15 heavy (non-hydrogen) atoms. The number of hydrogen-bond acceptors (Lipinski definition) is 5. The lowest BCUT2D eigenvalue weighted by Gasteiger charge is -2.02. The van der Waals surface area contributed by atoms with Gasteiger partial charge in [-0.25, -0.2) is 0 Å². The van der Waals surface area contributed by atoms with E-state index in [1.807, 2.05) is 0 Å². The van der Waals surface area contributed by atoms with E-state index in [0.717, 1.165) is 34.5 Å². The smallest absolute Gasteiger partial charge is 0.168 e. The second-order valence-electron chi connectivity index (χ2n) is 3.02. The van der Waals surface area contributed by atoms with Crippen LogP contribution in [0.4, 0.5) is 5.82 Å². The molecule has 2 rings (SSSR count). The number of aromatic nitrogens is 2. The van der Waals surface area contributed by atoms with Crippen molar-refractivity contribution < 1.29 is 0 Å². The fourth-order valence-corrected chi connectivity index (χ4v) is 3.18. The summed E-state index contributed by atoms with van der Waals surface area (Å²) >= 11 is 6.41. The van der Waals surface area contributed by atoms with E-state index in [-0.39, 0.29) is 0 Å². The summed E-state index contributed by atoms with van der Waals surface area (Å²) in [7, 11) is 0. The predicted octanol–water partition coefficient (Wildman–Crippen LogP) is 3.85. The van der Waals surface area contributed by atoms with Crippen LogP contribution < -0.4 is 5.32 Å². The van der Waals surface area contributed by atoms with Crippen molar-refractivity contribution in [1.29, 1.82) is 0 Å². The molecule has 0 saturated carbocycles. The lowest BCUT2D eigenvalue weighted by atomic mass is 10.2. The van der Waals surface area contributed by atoms with Crippen molar-refractivity contribution >= 4 is 44.8 Å². The van der Waals surface area contributed by atoms with E-state index in [1.165, 1.54) is 11.7 Å². The van der Waals surface area contributed by atoms with Crippen molar-refractivity contribution in [1.82, 2.24) is 8.75 Å². The van der Waals surface area contributed by atoms with Gasteiger partial charge < -0.3 is 5.32 Å². The molecule has 2 heterocycles. The standard InChI is InChI=1S/C9H10BrN3S2/c1-2-3-11-9-8(12-15-13-9)6-4-14-5-7(6)10/h4-5H,2-3H2,1H3,(H,11,13). The van der Waals surface area contributed by atoms with Crippen molar-refractivity contribution in [3.8, 4) is 11.3 Å². The maximum Gasteiger partial charge on any atom is 0.168 e. The van der Waals surface area contributed by atoms with Crippen LogP contribution in [0.5, 0.6) is 0 Å². The molecule has 0 aliphatic heterocycles. The van der Waals surface area contributed by atoms with E-state index < -0.39 is 0 Å². The summed E-state index contributed by atoms with van der Waals surface area (Å²) in [4.78, 5) is 0. The summed E-state index contributed by atoms with van der Waals surface area (Å²) in [5.41, 5.74) is 2.06. The molecule has 0 aromatic carbocycles. The number of anilines is 1. The van der Waals surface area contributed by atoms with Gasteiger partial charge in [-0.2, -0.15) is 20.1 Å². The van der Waals surface area contributed by atoms with Gasteiger partial charge in [0.1, 0.15) is 5.69 Å². The monoisotopic (exact) mass is 303 g/mol. The van der Waals surface area contributed by atoms with Crippen LogP contribution in [0.2, 0.25) is 0 Å². The van der Waals surface area contributed by atoms with Gasteiger partial charge in [0, 0.05) is 27.3 Å². The minimum atomic E-state index is 0.890. The van der Waals surface area contributed by atoms with Gasteiger partial charge in [0.05, 0.1) is 11.7 Å². The molecular formula is C9H10BrN3S2. The SMILES string of the molecule is CCCNc1nsnc1-c1cscc1Br. The number of nitrogens with zero attached hydrogens (tertiary/aromatic N) is 2. The van der Waals surface area contributed by atoms with Crippen molar-refractivity contribution in [2.45, 2.75) is 13.3 Å². The number of hydrogen-bond donors (Lipinski definition) is 1. The Morgan fingerprint density at radius 2 is 2.27 bits per heavy atom. The summed E-state index contributed by atoms with van der Waals surface area (Å²) < 4.78 is 9.65. The van der Waals surface area contributed by atoms with Gasteiger partial charge in [-0.3, -0.25) is 0 Å². The highest BCUT2D eigenvalue weighted by atomic mass is 79.9. The van der Waals surface area contributed by atoms with E-state index in [4.69, 9.17) is 0 Å². The van der Waals surface area contributed by atoms with Crippen molar-refractivity contribution in [3.05, 3.63) is 15.2 Å². The average molecular weight is 304 g/mol. The Labute approximate surface area is 105 Å². The molecule has 2 aromatic heterocycles. The highest BCUT2D eigenvalue weighted by Crippen LogP contribution is 2.34. The van der Waals surface area contributed by atoms with Gasteiger partial charge in [0.15, 0.2) is 5.82 Å². The van der Waals surface area contributed by atoms with Crippen LogP contribution in [0, 0.1) is 0 Å². The fourth-order valence-electron chi connectivity index (χ4n) is 1.18. The van der Waals surface area contributed by atoms with Gasteiger partial charge in [-0.05, 0) is 22.4 Å². The molecule has 3 nitrogen and oxygen atoms in total. The second kappa shape index (κ2) is 5.05. The maximum absolute atomic E-state index is 4.32. The van der Waals surface area contributed by atoms with Gasteiger partial charge in [-0.15, -0.1) is 0 Å². The summed E-state index contributed by atoms with van der Waals surface area (Å²) in [6.45, 7) is 3.06. The molecule has 0 spiro atoms. The number of nitrogens with one attached hydrogen (secondary N) is 1. The van der Waals surface area contributed by atoms with Crippen LogP contribution in [-0.2, 0) is 0 Å². The van der Waals surface area contributed by atoms with Crippen LogP contribution in [0.1, 0.15) is 13.3 Å². The zero-order valence-electron chi connectivity index (χ0n) is 8.16. The molecular weight excluding hydrogens is 294 g/mol. The van der Waals surface area contributed by atoms with Gasteiger partial charge >= 0.3 is 0 Å². The van der Waals surface area contributed by atoms with E-state index in [9.17, 15) is 0 Å². The Bertz CT molecular complexity index is 438. The average Bonchev–Trinajstić information content (AvgIpc) is 2.82. The zero-order valence-corrected chi connectivity index (χ0v) is 11.4. The second-order valence-corrected chi connectivity index (χ2v) is 5.15. The Balaban J connectivity index is 2.29. The summed E-state index contributed by atoms with van der Waals surface area (Å²) in [5, 5.41) is 7.41. The Hall–Kier alpha value is -0.460. The molecule has 0 fully saturated rings.